The summed E-state index contributed by atoms with van der Waals surface area (Å²) in [6, 6.07) is 71.2. The van der Waals surface area contributed by atoms with Gasteiger partial charge in [-0.25, -0.2) is 4.98 Å². The van der Waals surface area contributed by atoms with Crippen molar-refractivity contribution >= 4 is 87.4 Å². The molecule has 0 aliphatic carbocycles. The highest BCUT2D eigenvalue weighted by Crippen LogP contribution is 2.46. The summed E-state index contributed by atoms with van der Waals surface area (Å²) < 4.78 is 13.5. The molecule has 0 aliphatic rings. The van der Waals surface area contributed by atoms with E-state index in [0.29, 0.717) is 28.7 Å². The van der Waals surface area contributed by atoms with Crippen molar-refractivity contribution in [1.29, 1.82) is 5.26 Å². The second-order valence-electron chi connectivity index (χ2n) is 16.7. The van der Waals surface area contributed by atoms with Crippen LogP contribution in [0.25, 0.3) is 127 Å². The van der Waals surface area contributed by atoms with Crippen LogP contribution in [0.3, 0.4) is 0 Å². The van der Waals surface area contributed by atoms with Crippen LogP contribution in [0.4, 0.5) is 0 Å². The molecule has 0 unspecified atom stereocenters. The lowest BCUT2D eigenvalue weighted by Crippen LogP contribution is -2.06. The number of para-hydroxylation sites is 5. The summed E-state index contributed by atoms with van der Waals surface area (Å²) in [6.45, 7) is 0. The highest BCUT2D eigenvalue weighted by molar-refractivity contribution is 6.33. The summed E-state index contributed by atoms with van der Waals surface area (Å²) in [5.74, 6) is 1.50. The predicted octanol–water partition coefficient (Wildman–Crippen LogP) is 14.3. The molecule has 14 aromatic rings. The fourth-order valence-electron chi connectivity index (χ4n) is 10.4. The number of nitriles is 1. The molecule has 0 saturated carbocycles. The van der Waals surface area contributed by atoms with Crippen molar-refractivity contribution in [3.8, 4) is 46.2 Å². The van der Waals surface area contributed by atoms with E-state index in [9.17, 15) is 5.26 Å². The van der Waals surface area contributed by atoms with Crippen LogP contribution in [0.2, 0.25) is 0 Å². The van der Waals surface area contributed by atoms with Crippen molar-refractivity contribution in [1.82, 2.24) is 28.7 Å². The van der Waals surface area contributed by atoms with Crippen LogP contribution >= 0.6 is 0 Å². The third-order valence-corrected chi connectivity index (χ3v) is 13.1. The van der Waals surface area contributed by atoms with Gasteiger partial charge in [0.05, 0.1) is 49.7 Å². The molecule has 0 radical (unpaired) electrons. The van der Waals surface area contributed by atoms with Gasteiger partial charge in [-0.05, 0) is 78.9 Å². The molecule has 0 atom stereocenters. The smallest absolute Gasteiger partial charge is 0.238 e. The fourth-order valence-corrected chi connectivity index (χ4v) is 10.4. The van der Waals surface area contributed by atoms with E-state index in [2.05, 4.69) is 153 Å². The van der Waals surface area contributed by atoms with E-state index in [1.165, 1.54) is 0 Å². The van der Waals surface area contributed by atoms with Gasteiger partial charge < -0.3 is 13.6 Å². The van der Waals surface area contributed by atoms with E-state index < -0.39 is 0 Å². The van der Waals surface area contributed by atoms with Gasteiger partial charge in [0.2, 0.25) is 5.95 Å². The summed E-state index contributed by atoms with van der Waals surface area (Å²) in [4.78, 5) is 15.4. The van der Waals surface area contributed by atoms with Crippen molar-refractivity contribution in [2.75, 3.05) is 0 Å². The van der Waals surface area contributed by atoms with Gasteiger partial charge in [-0.2, -0.15) is 15.2 Å². The molecule has 0 amide bonds. The van der Waals surface area contributed by atoms with Crippen molar-refractivity contribution in [3.63, 3.8) is 0 Å². The molecule has 9 aromatic carbocycles. The first-order chi connectivity index (χ1) is 32.7. The Balaban J connectivity index is 1.04. The second kappa shape index (κ2) is 13.8. The Morgan fingerprint density at radius 3 is 1.62 bits per heavy atom. The summed E-state index contributed by atoms with van der Waals surface area (Å²) in [7, 11) is 0. The van der Waals surface area contributed by atoms with Crippen LogP contribution < -0.4 is 0 Å². The van der Waals surface area contributed by atoms with Crippen LogP contribution in [0.15, 0.2) is 205 Å². The molecular weight excluding hydrogens is 811 g/mol. The van der Waals surface area contributed by atoms with Crippen LogP contribution in [-0.2, 0) is 0 Å². The average molecular weight is 844 g/mol. The molecular formula is C58H33N7O. The molecule has 0 aliphatic heterocycles. The zero-order valence-corrected chi connectivity index (χ0v) is 35.1. The fraction of sp³-hybridized carbons (Fsp3) is 0. The van der Waals surface area contributed by atoms with E-state index in [0.717, 1.165) is 104 Å². The third kappa shape index (κ3) is 5.11. The normalized spacial score (nSPS) is 11.9. The number of benzene rings is 9. The van der Waals surface area contributed by atoms with Crippen molar-refractivity contribution < 1.29 is 4.42 Å². The van der Waals surface area contributed by atoms with Gasteiger partial charge in [0.25, 0.3) is 0 Å². The van der Waals surface area contributed by atoms with Crippen LogP contribution in [0.1, 0.15) is 5.56 Å². The molecule has 0 spiro atoms. The van der Waals surface area contributed by atoms with E-state index in [-0.39, 0.29) is 0 Å². The van der Waals surface area contributed by atoms with Gasteiger partial charge in [-0.15, -0.1) is 0 Å². The molecule has 5 aromatic heterocycles. The van der Waals surface area contributed by atoms with E-state index >= 15 is 0 Å². The molecule has 5 heterocycles. The lowest BCUT2D eigenvalue weighted by Gasteiger charge is -2.13. The number of aromatic nitrogens is 6. The Labute approximate surface area is 376 Å². The average Bonchev–Trinajstić information content (AvgIpc) is 4.13. The number of nitrogens with zero attached hydrogens (tertiary/aromatic N) is 7. The molecule has 0 fully saturated rings. The van der Waals surface area contributed by atoms with Gasteiger partial charge in [0.15, 0.2) is 11.6 Å². The van der Waals surface area contributed by atoms with Gasteiger partial charge >= 0.3 is 0 Å². The van der Waals surface area contributed by atoms with Gasteiger partial charge in [-0.1, -0.05) is 121 Å². The Bertz CT molecular complexity index is 4310. The molecule has 14 rings (SSSR count). The molecule has 8 heteroatoms. The standard InChI is InChI=1S/C58H33N7O/c59-34-37-33-36(57-60-56(35-15-3-1-4-16-35)61-58(62-57)65-46-24-12-7-19-39(46)40-20-8-13-25-47(40)65)27-29-44(37)64-45-23-11-9-21-41(45)42-28-31-51-54(55(42)64)53-50(66-51)32-30-49-52(53)43-22-10-14-26-48(43)63(49)38-17-5-2-6-18-38/h1-33H. The monoisotopic (exact) mass is 843 g/mol. The Kier molecular flexibility index (Phi) is 7.59. The van der Waals surface area contributed by atoms with Crippen LogP contribution in [0, 0.1) is 11.3 Å². The number of hydrogen-bond acceptors (Lipinski definition) is 5. The minimum Gasteiger partial charge on any atom is -0.456 e. The first kappa shape index (κ1) is 36.2. The van der Waals surface area contributed by atoms with Gasteiger partial charge in [0.1, 0.15) is 17.2 Å². The summed E-state index contributed by atoms with van der Waals surface area (Å²) in [5.41, 5.74) is 11.6. The second-order valence-corrected chi connectivity index (χ2v) is 16.7. The molecule has 0 saturated heterocycles. The predicted molar refractivity (Wildman–Crippen MR) is 266 cm³/mol. The quantitative estimate of drug-likeness (QED) is 0.172. The van der Waals surface area contributed by atoms with E-state index in [1.807, 2.05) is 66.7 Å². The first-order valence-corrected chi connectivity index (χ1v) is 21.9. The maximum atomic E-state index is 11.2. The SMILES string of the molecule is N#Cc1cc(-c2nc(-c3ccccc3)nc(-n3c4ccccc4c4ccccc43)n2)ccc1-n1c2ccccc2c2ccc3oc4ccc5c(c6ccccc6n5-c5ccccc5)c4c3c21. The largest absolute Gasteiger partial charge is 0.456 e. The summed E-state index contributed by atoms with van der Waals surface area (Å²) >= 11 is 0. The minimum atomic E-state index is 0.464. The molecule has 306 valence electrons. The summed E-state index contributed by atoms with van der Waals surface area (Å²) in [6.07, 6.45) is 0. The number of rotatable bonds is 5. The number of furan rings is 1. The summed E-state index contributed by atoms with van der Waals surface area (Å²) in [5, 5.41) is 19.8. The maximum absolute atomic E-state index is 11.2. The third-order valence-electron chi connectivity index (χ3n) is 13.1. The number of fused-ring (bicyclic) bond motifs is 14. The topological polar surface area (TPSA) is 90.4 Å². The Hall–Kier alpha value is -9.32. The zero-order chi connectivity index (χ0) is 43.5. The van der Waals surface area contributed by atoms with Crippen LogP contribution in [-0.4, -0.2) is 28.7 Å². The minimum absolute atomic E-state index is 0.464. The van der Waals surface area contributed by atoms with Crippen LogP contribution in [0.5, 0.6) is 0 Å². The Morgan fingerprint density at radius 1 is 0.394 bits per heavy atom. The highest BCUT2D eigenvalue weighted by Gasteiger charge is 2.25. The Morgan fingerprint density at radius 2 is 0.939 bits per heavy atom. The molecule has 0 bridgehead atoms. The number of hydrogen-bond donors (Lipinski definition) is 0. The highest BCUT2D eigenvalue weighted by atomic mass is 16.3. The lowest BCUT2D eigenvalue weighted by atomic mass is 10.0. The van der Waals surface area contributed by atoms with Gasteiger partial charge in [-0.3, -0.25) is 4.57 Å². The van der Waals surface area contributed by atoms with E-state index in [4.69, 9.17) is 19.4 Å². The lowest BCUT2D eigenvalue weighted by molar-refractivity contribution is 0.669. The van der Waals surface area contributed by atoms with Crippen molar-refractivity contribution in [2.24, 2.45) is 0 Å². The molecule has 0 N–H and O–H groups in total. The maximum Gasteiger partial charge on any atom is 0.238 e. The van der Waals surface area contributed by atoms with E-state index in [1.54, 1.807) is 0 Å². The molecule has 8 nitrogen and oxygen atoms in total. The zero-order valence-electron chi connectivity index (χ0n) is 35.1. The van der Waals surface area contributed by atoms with Crippen molar-refractivity contribution in [2.45, 2.75) is 0 Å². The first-order valence-electron chi connectivity index (χ1n) is 21.9. The van der Waals surface area contributed by atoms with Gasteiger partial charge in [0, 0.05) is 54.5 Å². The van der Waals surface area contributed by atoms with Crippen molar-refractivity contribution in [3.05, 3.63) is 206 Å². The molecule has 66 heavy (non-hydrogen) atoms.